The van der Waals surface area contributed by atoms with Crippen LogP contribution in [0.3, 0.4) is 0 Å². The van der Waals surface area contributed by atoms with E-state index in [4.69, 9.17) is 27.4 Å². The second-order valence-electron chi connectivity index (χ2n) is 5.79. The average Bonchev–Trinajstić information content (AvgIpc) is 2.37. The number of nitrogens with zero attached hydrogens (tertiary/aromatic N) is 1. The third-order valence-electron chi connectivity index (χ3n) is 4.66. The highest BCUT2D eigenvalue weighted by molar-refractivity contribution is 7.80. The SMILES string of the molecule is NC(=S)C1CN(C2CCOC3(CCC3)C2)CCO1. The van der Waals surface area contributed by atoms with E-state index in [2.05, 4.69) is 4.90 Å². The van der Waals surface area contributed by atoms with E-state index in [1.807, 2.05) is 0 Å². The summed E-state index contributed by atoms with van der Waals surface area (Å²) in [4.78, 5) is 3.00. The first-order valence-electron chi connectivity index (χ1n) is 6.97. The lowest BCUT2D eigenvalue weighted by Gasteiger charge is -2.50. The fraction of sp³-hybridized carbons (Fsp3) is 0.923. The fourth-order valence-corrected chi connectivity index (χ4v) is 3.55. The second kappa shape index (κ2) is 5.04. The van der Waals surface area contributed by atoms with E-state index >= 15 is 0 Å². The van der Waals surface area contributed by atoms with Crippen molar-refractivity contribution >= 4 is 17.2 Å². The molecule has 1 aliphatic carbocycles. The summed E-state index contributed by atoms with van der Waals surface area (Å²) in [5, 5.41) is 0. The summed E-state index contributed by atoms with van der Waals surface area (Å²) in [5.74, 6) is 0. The Balaban J connectivity index is 1.61. The predicted octanol–water partition coefficient (Wildman–Crippen LogP) is 1.07. The van der Waals surface area contributed by atoms with Crippen LogP contribution in [-0.2, 0) is 9.47 Å². The van der Waals surface area contributed by atoms with Crippen molar-refractivity contribution in [3.05, 3.63) is 0 Å². The molecule has 0 bridgehead atoms. The Bertz CT molecular complexity index is 333. The van der Waals surface area contributed by atoms with Crippen LogP contribution < -0.4 is 5.73 Å². The molecule has 2 unspecified atom stereocenters. The van der Waals surface area contributed by atoms with Crippen molar-refractivity contribution in [3.63, 3.8) is 0 Å². The Morgan fingerprint density at radius 2 is 2.17 bits per heavy atom. The molecular weight excluding hydrogens is 248 g/mol. The third-order valence-corrected chi connectivity index (χ3v) is 4.93. The van der Waals surface area contributed by atoms with E-state index in [-0.39, 0.29) is 11.7 Å². The van der Waals surface area contributed by atoms with Crippen molar-refractivity contribution in [2.45, 2.75) is 49.9 Å². The molecule has 2 atom stereocenters. The maximum absolute atomic E-state index is 5.99. The maximum Gasteiger partial charge on any atom is 0.120 e. The molecule has 2 aliphatic heterocycles. The fourth-order valence-electron chi connectivity index (χ4n) is 3.41. The molecule has 1 saturated carbocycles. The minimum atomic E-state index is -0.0612. The molecule has 0 aromatic rings. The topological polar surface area (TPSA) is 47.7 Å². The summed E-state index contributed by atoms with van der Waals surface area (Å²) in [5.41, 5.74) is 5.91. The molecule has 102 valence electrons. The van der Waals surface area contributed by atoms with Crippen molar-refractivity contribution in [2.24, 2.45) is 5.73 Å². The van der Waals surface area contributed by atoms with Crippen molar-refractivity contribution in [1.82, 2.24) is 4.90 Å². The monoisotopic (exact) mass is 270 g/mol. The molecule has 4 nitrogen and oxygen atoms in total. The molecule has 0 aromatic heterocycles. The zero-order valence-corrected chi connectivity index (χ0v) is 11.6. The Hall–Kier alpha value is -0.230. The van der Waals surface area contributed by atoms with Crippen LogP contribution in [0.15, 0.2) is 0 Å². The minimum absolute atomic E-state index is 0.0612. The lowest BCUT2D eigenvalue weighted by atomic mass is 9.73. The molecule has 3 fully saturated rings. The average molecular weight is 270 g/mol. The van der Waals surface area contributed by atoms with Crippen LogP contribution in [0.2, 0.25) is 0 Å². The number of thiocarbonyl (C=S) groups is 1. The van der Waals surface area contributed by atoms with Gasteiger partial charge in [-0.1, -0.05) is 12.2 Å². The Kier molecular flexibility index (Phi) is 3.58. The summed E-state index contributed by atoms with van der Waals surface area (Å²) in [6.07, 6.45) is 6.06. The number of ether oxygens (including phenoxy) is 2. The largest absolute Gasteiger partial charge is 0.391 e. The highest BCUT2D eigenvalue weighted by Gasteiger charge is 2.44. The first-order valence-corrected chi connectivity index (χ1v) is 7.38. The van der Waals surface area contributed by atoms with Crippen molar-refractivity contribution in [3.8, 4) is 0 Å². The molecule has 0 radical (unpaired) electrons. The Labute approximate surface area is 114 Å². The van der Waals surface area contributed by atoms with Gasteiger partial charge >= 0.3 is 0 Å². The zero-order valence-electron chi connectivity index (χ0n) is 10.8. The van der Waals surface area contributed by atoms with Gasteiger partial charge in [-0.3, -0.25) is 4.90 Å². The number of hydrogen-bond acceptors (Lipinski definition) is 4. The van der Waals surface area contributed by atoms with Gasteiger partial charge in [0, 0.05) is 25.7 Å². The number of rotatable bonds is 2. The molecule has 2 heterocycles. The minimum Gasteiger partial charge on any atom is -0.391 e. The predicted molar refractivity (Wildman–Crippen MR) is 73.7 cm³/mol. The van der Waals surface area contributed by atoms with Gasteiger partial charge < -0.3 is 15.2 Å². The third kappa shape index (κ3) is 2.41. The Morgan fingerprint density at radius 1 is 1.33 bits per heavy atom. The van der Waals surface area contributed by atoms with Crippen LogP contribution in [0.4, 0.5) is 0 Å². The molecule has 2 saturated heterocycles. The van der Waals surface area contributed by atoms with E-state index < -0.39 is 0 Å². The first-order chi connectivity index (χ1) is 8.69. The van der Waals surface area contributed by atoms with Gasteiger partial charge in [0.1, 0.15) is 11.1 Å². The van der Waals surface area contributed by atoms with Gasteiger partial charge in [-0.15, -0.1) is 0 Å². The van der Waals surface area contributed by atoms with E-state index in [9.17, 15) is 0 Å². The van der Waals surface area contributed by atoms with Gasteiger partial charge in [-0.25, -0.2) is 0 Å². The molecule has 1 spiro atoms. The zero-order chi connectivity index (χ0) is 12.6. The van der Waals surface area contributed by atoms with Crippen LogP contribution in [0, 0.1) is 0 Å². The van der Waals surface area contributed by atoms with Crippen molar-refractivity contribution in [2.75, 3.05) is 26.3 Å². The van der Waals surface area contributed by atoms with Gasteiger partial charge in [0.25, 0.3) is 0 Å². The van der Waals surface area contributed by atoms with E-state index in [0.717, 1.165) is 32.7 Å². The summed E-state index contributed by atoms with van der Waals surface area (Å²) >= 11 is 5.05. The molecule has 3 aliphatic rings. The lowest BCUT2D eigenvalue weighted by molar-refractivity contribution is -0.155. The van der Waals surface area contributed by atoms with Crippen LogP contribution >= 0.6 is 12.2 Å². The van der Waals surface area contributed by atoms with Gasteiger partial charge in [-0.2, -0.15) is 0 Å². The van der Waals surface area contributed by atoms with Gasteiger partial charge in [0.15, 0.2) is 0 Å². The van der Waals surface area contributed by atoms with Gasteiger partial charge in [-0.05, 0) is 32.1 Å². The van der Waals surface area contributed by atoms with Crippen molar-refractivity contribution < 1.29 is 9.47 Å². The standard InChI is InChI=1S/C13H22N2O2S/c14-12(18)11-9-15(5-7-16-11)10-2-6-17-13(8-10)3-1-4-13/h10-11H,1-9H2,(H2,14,18). The van der Waals surface area contributed by atoms with Crippen LogP contribution in [-0.4, -0.2) is 53.9 Å². The lowest BCUT2D eigenvalue weighted by Crippen LogP contribution is -2.57. The smallest absolute Gasteiger partial charge is 0.120 e. The molecule has 0 amide bonds. The molecule has 2 N–H and O–H groups in total. The summed E-state index contributed by atoms with van der Waals surface area (Å²) < 4.78 is 11.6. The summed E-state index contributed by atoms with van der Waals surface area (Å²) in [6.45, 7) is 3.50. The van der Waals surface area contributed by atoms with Crippen molar-refractivity contribution in [1.29, 1.82) is 0 Å². The summed E-state index contributed by atoms with van der Waals surface area (Å²) in [6, 6.07) is 0.625. The molecule has 0 aromatic carbocycles. The highest BCUT2D eigenvalue weighted by Crippen LogP contribution is 2.43. The molecule has 5 heteroatoms. The van der Waals surface area contributed by atoms with Crippen LogP contribution in [0.25, 0.3) is 0 Å². The quantitative estimate of drug-likeness (QED) is 0.761. The Morgan fingerprint density at radius 3 is 2.83 bits per heavy atom. The molecule has 3 rings (SSSR count). The van der Waals surface area contributed by atoms with Crippen LogP contribution in [0.1, 0.15) is 32.1 Å². The van der Waals surface area contributed by atoms with Gasteiger partial charge in [0.2, 0.25) is 0 Å². The van der Waals surface area contributed by atoms with Gasteiger partial charge in [0.05, 0.1) is 12.2 Å². The molecular formula is C13H22N2O2S. The highest BCUT2D eigenvalue weighted by atomic mass is 32.1. The van der Waals surface area contributed by atoms with E-state index in [1.165, 1.54) is 25.7 Å². The number of nitrogens with two attached hydrogens (primary N) is 1. The number of hydrogen-bond donors (Lipinski definition) is 1. The van der Waals surface area contributed by atoms with E-state index in [0.29, 0.717) is 11.0 Å². The first kappa shape index (κ1) is 12.8. The normalized spacial score (nSPS) is 36.2. The van der Waals surface area contributed by atoms with Crippen LogP contribution in [0.5, 0.6) is 0 Å². The number of morpholine rings is 1. The van der Waals surface area contributed by atoms with E-state index in [1.54, 1.807) is 0 Å². The maximum atomic E-state index is 5.99. The molecule has 18 heavy (non-hydrogen) atoms. The second-order valence-corrected chi connectivity index (χ2v) is 6.26. The summed E-state index contributed by atoms with van der Waals surface area (Å²) in [7, 11) is 0.